The molecule has 2 amide bonds. The number of rotatable bonds is 10. The van der Waals surface area contributed by atoms with E-state index in [0.717, 1.165) is 28.1 Å². The van der Waals surface area contributed by atoms with Gasteiger partial charge in [-0.2, -0.15) is 0 Å². The summed E-state index contributed by atoms with van der Waals surface area (Å²) in [6.07, 6.45) is 1.82. The molecule has 0 aromatic heterocycles. The second-order valence-corrected chi connectivity index (χ2v) is 9.54. The van der Waals surface area contributed by atoms with Crippen LogP contribution in [0.25, 0.3) is 10.8 Å². The van der Waals surface area contributed by atoms with E-state index in [1.807, 2.05) is 43.3 Å². The lowest BCUT2D eigenvalue weighted by Crippen LogP contribution is -2.49. The van der Waals surface area contributed by atoms with Gasteiger partial charge in [-0.25, -0.2) is 0 Å². The number of unbranched alkanes of at least 4 members (excludes halogenated alkanes) is 1. The first-order valence-electron chi connectivity index (χ1n) is 11.1. The lowest BCUT2D eigenvalue weighted by atomic mass is 10.1. The summed E-state index contributed by atoms with van der Waals surface area (Å²) in [4.78, 5) is 27.5. The van der Waals surface area contributed by atoms with Crippen LogP contribution in [0.4, 0.5) is 0 Å². The summed E-state index contributed by atoms with van der Waals surface area (Å²) in [5.41, 5.74) is 0.583. The molecule has 0 aliphatic heterocycles. The standard InChI is InChI=1S/C26H27BrCl2N2O3/c1-3-4-14-30-26(33)17(2)31(15-20-21(28)10-7-11-22(20)29)24(32)16-34-23-13-12-18-8-5-6-9-19(18)25(23)27/h5-13,17H,3-4,14-16H2,1-2H3,(H,30,33). The number of benzene rings is 3. The van der Waals surface area contributed by atoms with E-state index in [2.05, 4.69) is 21.2 Å². The van der Waals surface area contributed by atoms with E-state index in [1.165, 1.54) is 4.90 Å². The molecule has 1 N–H and O–H groups in total. The average Bonchev–Trinajstić information content (AvgIpc) is 2.83. The minimum Gasteiger partial charge on any atom is -0.483 e. The third-order valence-electron chi connectivity index (χ3n) is 5.57. The molecular weight excluding hydrogens is 539 g/mol. The highest BCUT2D eigenvalue weighted by atomic mass is 79.9. The highest BCUT2D eigenvalue weighted by Crippen LogP contribution is 2.33. The lowest BCUT2D eigenvalue weighted by Gasteiger charge is -2.29. The van der Waals surface area contributed by atoms with Crippen LogP contribution in [0, 0.1) is 0 Å². The van der Waals surface area contributed by atoms with Crippen molar-refractivity contribution in [2.75, 3.05) is 13.2 Å². The molecule has 0 spiro atoms. The predicted octanol–water partition coefficient (Wildman–Crippen LogP) is 6.62. The Morgan fingerprint density at radius 3 is 2.47 bits per heavy atom. The molecule has 0 aliphatic carbocycles. The Kier molecular flexibility index (Phi) is 9.63. The number of carbonyl (C=O) groups is 2. The van der Waals surface area contributed by atoms with Crippen LogP contribution in [0.3, 0.4) is 0 Å². The van der Waals surface area contributed by atoms with Crippen molar-refractivity contribution >= 4 is 61.7 Å². The molecule has 0 aliphatic rings. The number of nitrogens with one attached hydrogen (secondary N) is 1. The molecule has 0 saturated heterocycles. The number of amides is 2. The van der Waals surface area contributed by atoms with Gasteiger partial charge in [-0.15, -0.1) is 0 Å². The van der Waals surface area contributed by atoms with E-state index in [9.17, 15) is 9.59 Å². The zero-order valence-corrected chi connectivity index (χ0v) is 22.2. The highest BCUT2D eigenvalue weighted by Gasteiger charge is 2.28. The van der Waals surface area contributed by atoms with Gasteiger partial charge in [-0.05, 0) is 58.2 Å². The minimum absolute atomic E-state index is 0.0853. The van der Waals surface area contributed by atoms with Crippen LogP contribution in [0.5, 0.6) is 5.75 Å². The maximum Gasteiger partial charge on any atom is 0.261 e. The van der Waals surface area contributed by atoms with Crippen LogP contribution in [0.1, 0.15) is 32.3 Å². The Hall–Kier alpha value is -2.28. The van der Waals surface area contributed by atoms with Crippen molar-refractivity contribution < 1.29 is 14.3 Å². The Morgan fingerprint density at radius 2 is 1.76 bits per heavy atom. The van der Waals surface area contributed by atoms with Gasteiger partial charge in [0.05, 0.1) is 4.47 Å². The number of carbonyl (C=O) groups excluding carboxylic acids is 2. The summed E-state index contributed by atoms with van der Waals surface area (Å²) in [6.45, 7) is 4.13. The molecule has 3 rings (SSSR count). The Labute approximate surface area is 218 Å². The maximum atomic E-state index is 13.3. The van der Waals surface area contributed by atoms with Gasteiger partial charge in [-0.3, -0.25) is 9.59 Å². The van der Waals surface area contributed by atoms with Crippen LogP contribution in [0.15, 0.2) is 59.1 Å². The molecule has 0 radical (unpaired) electrons. The van der Waals surface area contributed by atoms with Gasteiger partial charge in [0, 0.05) is 28.7 Å². The van der Waals surface area contributed by atoms with Crippen molar-refractivity contribution in [3.05, 3.63) is 74.7 Å². The smallest absolute Gasteiger partial charge is 0.261 e. The summed E-state index contributed by atoms with van der Waals surface area (Å²) < 4.78 is 6.65. The summed E-state index contributed by atoms with van der Waals surface area (Å²) >= 11 is 16.3. The fraction of sp³-hybridized carbons (Fsp3) is 0.308. The van der Waals surface area contributed by atoms with Crippen LogP contribution >= 0.6 is 39.1 Å². The zero-order chi connectivity index (χ0) is 24.7. The van der Waals surface area contributed by atoms with Crippen LogP contribution in [-0.4, -0.2) is 35.9 Å². The summed E-state index contributed by atoms with van der Waals surface area (Å²) in [7, 11) is 0. The molecule has 0 fully saturated rings. The largest absolute Gasteiger partial charge is 0.483 e. The second kappa shape index (κ2) is 12.4. The van der Waals surface area contributed by atoms with Gasteiger partial charge < -0.3 is 15.0 Å². The lowest BCUT2D eigenvalue weighted by molar-refractivity contribution is -0.142. The van der Waals surface area contributed by atoms with E-state index in [0.29, 0.717) is 27.9 Å². The monoisotopic (exact) mass is 564 g/mol. The first kappa shape index (κ1) is 26.3. The number of halogens is 3. The first-order valence-corrected chi connectivity index (χ1v) is 12.7. The van der Waals surface area contributed by atoms with E-state index in [1.54, 1.807) is 25.1 Å². The topological polar surface area (TPSA) is 58.6 Å². The van der Waals surface area contributed by atoms with Crippen molar-refractivity contribution in [2.24, 2.45) is 0 Å². The molecule has 3 aromatic carbocycles. The Morgan fingerprint density at radius 1 is 1.06 bits per heavy atom. The molecule has 8 heteroatoms. The van der Waals surface area contributed by atoms with Crippen molar-refractivity contribution in [1.29, 1.82) is 0 Å². The molecule has 0 saturated carbocycles. The molecule has 34 heavy (non-hydrogen) atoms. The van der Waals surface area contributed by atoms with Crippen LogP contribution in [-0.2, 0) is 16.1 Å². The fourth-order valence-electron chi connectivity index (χ4n) is 3.52. The molecule has 3 aromatic rings. The van der Waals surface area contributed by atoms with Gasteiger partial charge in [0.25, 0.3) is 5.91 Å². The molecular formula is C26H27BrCl2N2O3. The van der Waals surface area contributed by atoms with Gasteiger partial charge in [0.1, 0.15) is 11.8 Å². The molecule has 180 valence electrons. The SMILES string of the molecule is CCCCNC(=O)C(C)N(Cc1c(Cl)cccc1Cl)C(=O)COc1ccc2ccccc2c1Br. The molecule has 1 atom stereocenters. The van der Waals surface area contributed by atoms with Crippen molar-refractivity contribution in [3.63, 3.8) is 0 Å². The minimum atomic E-state index is -0.736. The molecule has 0 bridgehead atoms. The van der Waals surface area contributed by atoms with Crippen molar-refractivity contribution in [2.45, 2.75) is 39.3 Å². The molecule has 5 nitrogen and oxygen atoms in total. The summed E-state index contributed by atoms with van der Waals surface area (Å²) in [6, 6.07) is 16.0. The van der Waals surface area contributed by atoms with E-state index in [-0.39, 0.29) is 25.0 Å². The van der Waals surface area contributed by atoms with Gasteiger partial charge in [0.2, 0.25) is 5.91 Å². The fourth-order valence-corrected chi connectivity index (χ4v) is 4.64. The van der Waals surface area contributed by atoms with Gasteiger partial charge >= 0.3 is 0 Å². The van der Waals surface area contributed by atoms with Gasteiger partial charge in [-0.1, -0.05) is 72.9 Å². The third-order valence-corrected chi connectivity index (χ3v) is 7.09. The highest BCUT2D eigenvalue weighted by molar-refractivity contribution is 9.10. The van der Waals surface area contributed by atoms with Crippen LogP contribution < -0.4 is 10.1 Å². The quantitative estimate of drug-likeness (QED) is 0.281. The number of ether oxygens (including phenoxy) is 1. The van der Waals surface area contributed by atoms with E-state index in [4.69, 9.17) is 27.9 Å². The predicted molar refractivity (Wildman–Crippen MR) is 142 cm³/mol. The third kappa shape index (κ3) is 6.44. The van der Waals surface area contributed by atoms with E-state index >= 15 is 0 Å². The zero-order valence-electron chi connectivity index (χ0n) is 19.1. The Bertz CT molecular complexity index is 1150. The molecule has 1 unspecified atom stereocenters. The number of hydrogen-bond donors (Lipinski definition) is 1. The summed E-state index contributed by atoms with van der Waals surface area (Å²) in [5.74, 6) is -0.0473. The molecule has 0 heterocycles. The second-order valence-electron chi connectivity index (χ2n) is 7.93. The first-order chi connectivity index (χ1) is 16.3. The Balaban J connectivity index is 1.81. The van der Waals surface area contributed by atoms with Crippen molar-refractivity contribution in [3.8, 4) is 5.75 Å². The van der Waals surface area contributed by atoms with E-state index < -0.39 is 6.04 Å². The average molecular weight is 566 g/mol. The van der Waals surface area contributed by atoms with Crippen LogP contribution in [0.2, 0.25) is 10.0 Å². The number of hydrogen-bond acceptors (Lipinski definition) is 3. The van der Waals surface area contributed by atoms with Gasteiger partial charge in [0.15, 0.2) is 6.61 Å². The number of nitrogens with zero attached hydrogens (tertiary/aromatic N) is 1. The van der Waals surface area contributed by atoms with Crippen molar-refractivity contribution in [1.82, 2.24) is 10.2 Å². The summed E-state index contributed by atoms with van der Waals surface area (Å²) in [5, 5.41) is 5.79. The number of fused-ring (bicyclic) bond motifs is 1. The normalized spacial score (nSPS) is 11.8. The maximum absolute atomic E-state index is 13.3.